The normalized spacial score (nSPS) is 21.4. The van der Waals surface area contributed by atoms with Crippen LogP contribution in [0, 0.1) is 17.2 Å². The molecule has 6 atom stereocenters. The van der Waals surface area contributed by atoms with Crippen LogP contribution in [0.15, 0.2) is 90.0 Å². The number of nitrogens with one attached hydrogen (secondary N) is 2. The summed E-state index contributed by atoms with van der Waals surface area (Å²) in [5.74, 6) is 0.657. The number of carbonyl (C=O) groups excluding carboxylic acids is 1. The number of carbonyl (C=O) groups is 1. The van der Waals surface area contributed by atoms with E-state index in [1.807, 2.05) is 85.8 Å². The zero-order chi connectivity index (χ0) is 45.1. The molecule has 3 aromatic carbocycles. The van der Waals surface area contributed by atoms with Crippen LogP contribution in [0.4, 0.5) is 5.95 Å². The second-order valence-corrected chi connectivity index (χ2v) is 17.9. The second-order valence-electron chi connectivity index (χ2n) is 16.5. The van der Waals surface area contributed by atoms with E-state index in [2.05, 4.69) is 58.7 Å². The number of amides is 1. The van der Waals surface area contributed by atoms with Crippen LogP contribution in [0.2, 0.25) is 0 Å². The van der Waals surface area contributed by atoms with Crippen LogP contribution in [0.25, 0.3) is 11.2 Å². The van der Waals surface area contributed by atoms with Gasteiger partial charge in [0.2, 0.25) is 11.9 Å². The molecule has 63 heavy (non-hydrogen) atoms. The Balaban J connectivity index is 1.39. The standard InChI is InChI=1S/C46H56N7O9P/c1-28(2)41(54)50-44-49-40-37(42(55)51-44)48-27-52(40)43-38-39(62-63(59-25-13-24-47)53(29(3)4)30(5)6)45(61-43,31(7)60-38)26-58-46(32-14-11-10-12-15-32,33-16-20-35(56-8)21-17-33)34-18-22-36(57-9)23-19-34/h10-12,14-23,27-31,38-39,43H,13,25-26H2,1-9H3,(H2,49,50,51,54,55). The third-order valence-corrected chi connectivity index (χ3v) is 13.6. The zero-order valence-electron chi connectivity index (χ0n) is 37.1. The summed E-state index contributed by atoms with van der Waals surface area (Å²) in [5.41, 5.74) is -0.372. The first-order chi connectivity index (χ1) is 30.3. The number of aromatic nitrogens is 4. The van der Waals surface area contributed by atoms with Gasteiger partial charge in [0.1, 0.15) is 34.9 Å². The maximum Gasteiger partial charge on any atom is 0.280 e. The van der Waals surface area contributed by atoms with E-state index in [-0.39, 0.29) is 60.7 Å². The Morgan fingerprint density at radius 3 is 2.13 bits per heavy atom. The van der Waals surface area contributed by atoms with E-state index in [1.165, 1.54) is 6.33 Å². The molecule has 7 rings (SSSR count). The number of rotatable bonds is 19. The Labute approximate surface area is 368 Å². The number of benzene rings is 3. The third kappa shape index (κ3) is 8.84. The summed E-state index contributed by atoms with van der Waals surface area (Å²) >= 11 is 0. The molecule has 5 aromatic rings. The van der Waals surface area contributed by atoms with Gasteiger partial charge in [0.25, 0.3) is 14.1 Å². The predicted molar refractivity (Wildman–Crippen MR) is 237 cm³/mol. The summed E-state index contributed by atoms with van der Waals surface area (Å²) in [6, 6.07) is 27.7. The molecule has 6 unspecified atom stereocenters. The molecule has 334 valence electrons. The van der Waals surface area contributed by atoms with Gasteiger partial charge >= 0.3 is 0 Å². The van der Waals surface area contributed by atoms with Gasteiger partial charge < -0.3 is 32.7 Å². The van der Waals surface area contributed by atoms with Gasteiger partial charge in [-0.05, 0) is 75.6 Å². The molecule has 0 spiro atoms. The Bertz CT molecular complexity index is 2380. The molecule has 2 N–H and O–H groups in total. The highest BCUT2D eigenvalue weighted by molar-refractivity contribution is 7.44. The van der Waals surface area contributed by atoms with Gasteiger partial charge in [-0.15, -0.1) is 0 Å². The van der Waals surface area contributed by atoms with E-state index >= 15 is 0 Å². The quantitative estimate of drug-likeness (QED) is 0.0474. The van der Waals surface area contributed by atoms with Crippen molar-refractivity contribution in [1.29, 1.82) is 5.26 Å². The van der Waals surface area contributed by atoms with Gasteiger partial charge in [-0.3, -0.25) is 24.5 Å². The monoisotopic (exact) mass is 881 g/mol. The van der Waals surface area contributed by atoms with Crippen molar-refractivity contribution in [2.24, 2.45) is 5.92 Å². The molecule has 1 amide bonds. The van der Waals surface area contributed by atoms with Crippen molar-refractivity contribution in [3.05, 3.63) is 112 Å². The summed E-state index contributed by atoms with van der Waals surface area (Å²) in [6.07, 6.45) is -1.51. The largest absolute Gasteiger partial charge is 0.497 e. The molecule has 16 nitrogen and oxygen atoms in total. The Morgan fingerprint density at radius 1 is 0.968 bits per heavy atom. The van der Waals surface area contributed by atoms with Crippen LogP contribution >= 0.6 is 8.53 Å². The van der Waals surface area contributed by atoms with Crippen LogP contribution in [0.3, 0.4) is 0 Å². The van der Waals surface area contributed by atoms with E-state index in [4.69, 9.17) is 32.7 Å². The summed E-state index contributed by atoms with van der Waals surface area (Å²) in [5, 5.41) is 12.2. The number of imidazole rings is 1. The van der Waals surface area contributed by atoms with E-state index < -0.39 is 49.8 Å². The second kappa shape index (κ2) is 19.2. The van der Waals surface area contributed by atoms with Crippen molar-refractivity contribution in [3.8, 4) is 17.6 Å². The fourth-order valence-corrected chi connectivity index (χ4v) is 10.1. The van der Waals surface area contributed by atoms with E-state index in [0.717, 1.165) is 16.7 Å². The summed E-state index contributed by atoms with van der Waals surface area (Å²) in [6.45, 7) is 13.8. The topological polar surface area (TPSA) is 184 Å². The lowest BCUT2D eigenvalue weighted by Crippen LogP contribution is -2.53. The highest BCUT2D eigenvalue weighted by Crippen LogP contribution is 2.58. The Hall–Kier alpha value is -5.24. The minimum Gasteiger partial charge on any atom is -0.497 e. The van der Waals surface area contributed by atoms with Crippen LogP contribution in [0.1, 0.15) is 77.8 Å². The number of nitriles is 1. The molecule has 2 aliphatic heterocycles. The van der Waals surface area contributed by atoms with Crippen LogP contribution < -0.4 is 20.3 Å². The number of H-pyrrole nitrogens is 1. The number of nitrogens with zero attached hydrogens (tertiary/aromatic N) is 5. The Kier molecular flexibility index (Phi) is 14.0. The minimum absolute atomic E-state index is 0.00312. The lowest BCUT2D eigenvalue weighted by Gasteiger charge is -2.43. The molecule has 0 aliphatic carbocycles. The molecule has 2 aliphatic rings. The number of hydrogen-bond donors (Lipinski definition) is 2. The number of methoxy groups -OCH3 is 2. The van der Waals surface area contributed by atoms with Crippen LogP contribution in [-0.4, -0.2) is 93.5 Å². The number of ether oxygens (including phenoxy) is 5. The van der Waals surface area contributed by atoms with Gasteiger partial charge in [0.15, 0.2) is 17.4 Å². The average molecular weight is 882 g/mol. The number of aromatic amines is 1. The molecule has 17 heteroatoms. The highest BCUT2D eigenvalue weighted by Gasteiger charge is 2.68. The smallest absolute Gasteiger partial charge is 0.280 e. The third-order valence-electron chi connectivity index (χ3n) is 11.5. The SMILES string of the molecule is COc1ccc(C(OCC23OC(n4cnc5c(=O)[nH]c(NC(=O)C(C)C)nc54)C(OC2C)C3OP(OCCC#N)N(C(C)C)C(C)C)(c2ccccc2)c2ccc(OC)cc2)cc1. The fraction of sp³-hybridized carbons (Fsp3) is 0.457. The molecular formula is C46H56N7O9P. The van der Waals surface area contributed by atoms with Crippen LogP contribution in [-0.2, 0) is 33.7 Å². The minimum atomic E-state index is -1.81. The molecule has 2 fully saturated rings. The van der Waals surface area contributed by atoms with Crippen molar-refractivity contribution >= 4 is 31.5 Å². The predicted octanol–water partition coefficient (Wildman–Crippen LogP) is 7.46. The van der Waals surface area contributed by atoms with Gasteiger partial charge in [0.05, 0.1) is 52.4 Å². The number of hydrogen-bond acceptors (Lipinski definition) is 13. The maximum atomic E-state index is 13.4. The molecule has 4 heterocycles. The summed E-state index contributed by atoms with van der Waals surface area (Å²) in [7, 11) is 1.44. The lowest BCUT2D eigenvalue weighted by atomic mass is 9.79. The summed E-state index contributed by atoms with van der Waals surface area (Å²) in [4.78, 5) is 37.8. The average Bonchev–Trinajstić information content (AvgIpc) is 3.91. The van der Waals surface area contributed by atoms with E-state index in [0.29, 0.717) is 11.5 Å². The number of anilines is 1. The molecule has 0 saturated carbocycles. The van der Waals surface area contributed by atoms with E-state index in [1.54, 1.807) is 32.6 Å². The Morgan fingerprint density at radius 2 is 1.57 bits per heavy atom. The first kappa shape index (κ1) is 45.8. The van der Waals surface area contributed by atoms with Gasteiger partial charge in [-0.25, -0.2) is 9.65 Å². The maximum absolute atomic E-state index is 13.4. The van der Waals surface area contributed by atoms with Crippen molar-refractivity contribution in [1.82, 2.24) is 24.2 Å². The van der Waals surface area contributed by atoms with Gasteiger partial charge in [-0.2, -0.15) is 10.2 Å². The molecule has 0 radical (unpaired) electrons. The summed E-state index contributed by atoms with van der Waals surface area (Å²) < 4.78 is 50.3. The van der Waals surface area contributed by atoms with E-state index in [9.17, 15) is 14.9 Å². The number of fused-ring (bicyclic) bond motifs is 3. The van der Waals surface area contributed by atoms with Crippen molar-refractivity contribution < 1.29 is 37.5 Å². The fourth-order valence-electron chi connectivity index (χ4n) is 8.32. The van der Waals surface area contributed by atoms with Crippen molar-refractivity contribution in [3.63, 3.8) is 0 Å². The highest BCUT2D eigenvalue weighted by atomic mass is 31.2. The first-order valence-electron chi connectivity index (χ1n) is 21.1. The van der Waals surface area contributed by atoms with Crippen molar-refractivity contribution in [2.75, 3.05) is 32.8 Å². The molecule has 2 saturated heterocycles. The van der Waals surface area contributed by atoms with Crippen molar-refractivity contribution in [2.45, 2.75) is 103 Å². The van der Waals surface area contributed by atoms with Crippen LogP contribution in [0.5, 0.6) is 11.5 Å². The molecular weight excluding hydrogens is 826 g/mol. The van der Waals surface area contributed by atoms with Gasteiger partial charge in [0, 0.05) is 18.0 Å². The molecule has 2 aromatic heterocycles. The zero-order valence-corrected chi connectivity index (χ0v) is 38.0. The lowest BCUT2D eigenvalue weighted by molar-refractivity contribution is -0.229. The molecule has 2 bridgehead atoms. The van der Waals surface area contributed by atoms with Gasteiger partial charge in [-0.1, -0.05) is 68.4 Å². The first-order valence-corrected chi connectivity index (χ1v) is 22.3.